The first-order chi connectivity index (χ1) is 12.9. The molecule has 2 saturated heterocycles. The third-order valence-corrected chi connectivity index (χ3v) is 5.54. The number of nitrogens with zero attached hydrogens (tertiary/aromatic N) is 3. The van der Waals surface area contributed by atoms with E-state index < -0.39 is 11.6 Å². The van der Waals surface area contributed by atoms with Gasteiger partial charge in [0, 0.05) is 39.6 Å². The summed E-state index contributed by atoms with van der Waals surface area (Å²) in [5.74, 6) is -0.0276. The minimum Gasteiger partial charge on any atom is -0.445 e. The Morgan fingerprint density at radius 3 is 2.26 bits per heavy atom. The average molecular weight is 373 g/mol. The highest BCUT2D eigenvalue weighted by Gasteiger charge is 2.48. The molecule has 27 heavy (non-hydrogen) atoms. The molecule has 0 radical (unpaired) electrons. The van der Waals surface area contributed by atoms with E-state index in [2.05, 4.69) is 0 Å². The Kier molecular flexibility index (Phi) is 5.68. The number of hydrogen-bond acceptors (Lipinski definition) is 4. The van der Waals surface area contributed by atoms with Crippen LogP contribution in [0.3, 0.4) is 0 Å². The second-order valence-corrected chi connectivity index (χ2v) is 7.37. The molecule has 0 bridgehead atoms. The number of likely N-dealkylation sites (tertiary alicyclic amines) is 1. The van der Waals surface area contributed by atoms with Crippen molar-refractivity contribution < 1.29 is 19.1 Å². The number of amides is 3. The normalized spacial score (nSPS) is 22.7. The molecule has 3 amide bonds. The van der Waals surface area contributed by atoms with Crippen LogP contribution in [0.5, 0.6) is 0 Å². The first kappa shape index (κ1) is 19.2. The number of carbonyl (C=O) groups excluding carboxylic acids is 3. The molecule has 1 atom stereocenters. The number of carbonyl (C=O) groups is 3. The molecule has 1 aromatic rings. The van der Waals surface area contributed by atoms with Gasteiger partial charge in [-0.05, 0) is 25.3 Å². The van der Waals surface area contributed by atoms with Crippen LogP contribution < -0.4 is 0 Å². The summed E-state index contributed by atoms with van der Waals surface area (Å²) in [6.45, 7) is 6.15. The molecule has 0 saturated carbocycles. The fourth-order valence-corrected chi connectivity index (χ4v) is 3.84. The maximum Gasteiger partial charge on any atom is 0.410 e. The molecule has 146 valence electrons. The van der Waals surface area contributed by atoms with Crippen LogP contribution in [0.1, 0.15) is 32.3 Å². The third-order valence-electron chi connectivity index (χ3n) is 5.54. The predicted molar refractivity (Wildman–Crippen MR) is 99.8 cm³/mol. The van der Waals surface area contributed by atoms with E-state index in [1.807, 2.05) is 37.3 Å². The third kappa shape index (κ3) is 4.07. The summed E-state index contributed by atoms with van der Waals surface area (Å²) in [5.41, 5.74) is 0.0324. The molecule has 0 N–H and O–H groups in total. The predicted octanol–water partition coefficient (Wildman–Crippen LogP) is 1.87. The van der Waals surface area contributed by atoms with E-state index in [0.717, 1.165) is 12.0 Å². The summed E-state index contributed by atoms with van der Waals surface area (Å²) < 4.78 is 5.46. The average Bonchev–Trinajstić information content (AvgIpc) is 3.09. The zero-order valence-electron chi connectivity index (χ0n) is 16.0. The van der Waals surface area contributed by atoms with Gasteiger partial charge in [0.1, 0.15) is 12.1 Å². The highest BCUT2D eigenvalue weighted by Crippen LogP contribution is 2.32. The van der Waals surface area contributed by atoms with Crippen molar-refractivity contribution in [1.29, 1.82) is 0 Å². The van der Waals surface area contributed by atoms with Gasteiger partial charge in [0.15, 0.2) is 0 Å². The number of rotatable bonds is 3. The second-order valence-electron chi connectivity index (χ2n) is 7.37. The van der Waals surface area contributed by atoms with Crippen molar-refractivity contribution in [3.63, 3.8) is 0 Å². The van der Waals surface area contributed by atoms with E-state index in [0.29, 0.717) is 39.1 Å². The van der Waals surface area contributed by atoms with Crippen molar-refractivity contribution in [3.05, 3.63) is 35.9 Å². The molecular weight excluding hydrogens is 346 g/mol. The Labute approximate surface area is 159 Å². The Morgan fingerprint density at radius 1 is 1.00 bits per heavy atom. The van der Waals surface area contributed by atoms with Gasteiger partial charge in [-0.15, -0.1) is 0 Å². The van der Waals surface area contributed by atoms with Gasteiger partial charge in [0.25, 0.3) is 0 Å². The lowest BCUT2D eigenvalue weighted by atomic mass is 9.96. The highest BCUT2D eigenvalue weighted by molar-refractivity contribution is 5.90. The monoisotopic (exact) mass is 373 g/mol. The van der Waals surface area contributed by atoms with Crippen LogP contribution in [0.25, 0.3) is 0 Å². The molecule has 0 aromatic heterocycles. The van der Waals surface area contributed by atoms with Gasteiger partial charge in [-0.3, -0.25) is 14.5 Å². The molecule has 1 aromatic carbocycles. The molecule has 7 nitrogen and oxygen atoms in total. The molecular formula is C20H27N3O4. The lowest BCUT2D eigenvalue weighted by Gasteiger charge is -2.41. The van der Waals surface area contributed by atoms with Gasteiger partial charge in [-0.2, -0.15) is 0 Å². The molecule has 2 heterocycles. The lowest BCUT2D eigenvalue weighted by molar-refractivity contribution is -0.145. The summed E-state index contributed by atoms with van der Waals surface area (Å²) in [6.07, 6.45) is 0.949. The fourth-order valence-electron chi connectivity index (χ4n) is 3.84. The van der Waals surface area contributed by atoms with E-state index in [-0.39, 0.29) is 18.4 Å². The summed E-state index contributed by atoms with van der Waals surface area (Å²) in [6, 6.07) is 9.50. The van der Waals surface area contributed by atoms with Gasteiger partial charge in [0.05, 0.1) is 0 Å². The van der Waals surface area contributed by atoms with E-state index in [1.54, 1.807) is 21.6 Å². The molecule has 0 aliphatic carbocycles. The number of benzene rings is 1. The van der Waals surface area contributed by atoms with E-state index in [4.69, 9.17) is 4.74 Å². The number of ether oxygens (including phenoxy) is 1. The van der Waals surface area contributed by atoms with Crippen molar-refractivity contribution in [2.24, 2.45) is 0 Å². The van der Waals surface area contributed by atoms with Crippen molar-refractivity contribution in [2.75, 3.05) is 32.7 Å². The number of piperazine rings is 1. The molecule has 2 aliphatic heterocycles. The molecule has 0 spiro atoms. The van der Waals surface area contributed by atoms with Crippen LogP contribution in [0, 0.1) is 0 Å². The standard InChI is InChI=1S/C20H27N3O4/c1-16(24)21-11-13-22(14-12-21)18(25)20(2)9-6-10-23(20)19(26)27-15-17-7-4-3-5-8-17/h3-5,7-8H,6,9-15H2,1-2H3. The smallest absolute Gasteiger partial charge is 0.410 e. The minimum absolute atomic E-state index is 0.0280. The van der Waals surface area contributed by atoms with Crippen LogP contribution in [-0.4, -0.2) is 70.9 Å². The van der Waals surface area contributed by atoms with Crippen LogP contribution in [0.15, 0.2) is 30.3 Å². The highest BCUT2D eigenvalue weighted by atomic mass is 16.6. The molecule has 3 rings (SSSR count). The van der Waals surface area contributed by atoms with Crippen molar-refractivity contribution in [2.45, 2.75) is 38.8 Å². The molecule has 2 fully saturated rings. The Bertz CT molecular complexity index is 700. The lowest BCUT2D eigenvalue weighted by Crippen LogP contribution is -2.60. The van der Waals surface area contributed by atoms with Gasteiger partial charge in [0.2, 0.25) is 11.8 Å². The van der Waals surface area contributed by atoms with Gasteiger partial charge in [-0.25, -0.2) is 4.79 Å². The SMILES string of the molecule is CC(=O)N1CCN(C(=O)C2(C)CCCN2C(=O)OCc2ccccc2)CC1. The number of hydrogen-bond donors (Lipinski definition) is 0. The molecule has 2 aliphatic rings. The summed E-state index contributed by atoms with van der Waals surface area (Å²) >= 11 is 0. The van der Waals surface area contributed by atoms with Crippen molar-refractivity contribution >= 4 is 17.9 Å². The molecule has 7 heteroatoms. The topological polar surface area (TPSA) is 70.2 Å². The van der Waals surface area contributed by atoms with E-state index in [9.17, 15) is 14.4 Å². The Hall–Kier alpha value is -2.57. The maximum absolute atomic E-state index is 13.2. The van der Waals surface area contributed by atoms with Crippen LogP contribution in [0.4, 0.5) is 4.79 Å². The first-order valence-corrected chi connectivity index (χ1v) is 9.45. The van der Waals surface area contributed by atoms with Crippen LogP contribution in [-0.2, 0) is 20.9 Å². The Balaban J connectivity index is 1.62. The Morgan fingerprint density at radius 2 is 1.63 bits per heavy atom. The maximum atomic E-state index is 13.2. The quantitative estimate of drug-likeness (QED) is 0.811. The van der Waals surface area contributed by atoms with Crippen LogP contribution in [0.2, 0.25) is 0 Å². The molecule has 1 unspecified atom stereocenters. The minimum atomic E-state index is -0.883. The van der Waals surface area contributed by atoms with Crippen LogP contribution >= 0.6 is 0 Å². The zero-order chi connectivity index (χ0) is 19.4. The van der Waals surface area contributed by atoms with E-state index >= 15 is 0 Å². The van der Waals surface area contributed by atoms with Gasteiger partial charge in [-0.1, -0.05) is 30.3 Å². The van der Waals surface area contributed by atoms with Crippen molar-refractivity contribution in [1.82, 2.24) is 14.7 Å². The van der Waals surface area contributed by atoms with Gasteiger partial charge < -0.3 is 14.5 Å². The summed E-state index contributed by atoms with van der Waals surface area (Å²) in [7, 11) is 0. The fraction of sp³-hybridized carbons (Fsp3) is 0.550. The van der Waals surface area contributed by atoms with E-state index in [1.165, 1.54) is 0 Å². The zero-order valence-corrected chi connectivity index (χ0v) is 16.0. The summed E-state index contributed by atoms with van der Waals surface area (Å²) in [4.78, 5) is 42.4. The first-order valence-electron chi connectivity index (χ1n) is 9.45. The summed E-state index contributed by atoms with van der Waals surface area (Å²) in [5, 5.41) is 0. The second kappa shape index (κ2) is 7.98. The van der Waals surface area contributed by atoms with Gasteiger partial charge >= 0.3 is 6.09 Å². The largest absolute Gasteiger partial charge is 0.445 e. The van der Waals surface area contributed by atoms with Crippen molar-refractivity contribution in [3.8, 4) is 0 Å².